The molecule has 1 N–H and O–H groups in total. The molecule has 0 spiro atoms. The minimum atomic E-state index is -1.20. The normalized spacial score (nSPS) is 22.7. The molecule has 2 amide bonds. The zero-order valence-corrected chi connectivity index (χ0v) is 24.7. The fraction of sp³-hybridized carbons (Fsp3) is 0.414. The predicted octanol–water partition coefficient (Wildman–Crippen LogP) is 3.46. The van der Waals surface area contributed by atoms with Gasteiger partial charge in [-0.15, -0.1) is 0 Å². The number of halogens is 4. The van der Waals surface area contributed by atoms with Gasteiger partial charge in [-0.05, 0) is 32.9 Å². The summed E-state index contributed by atoms with van der Waals surface area (Å²) in [7, 11) is 1.18. The first-order chi connectivity index (χ1) is 20.3. The monoisotopic (exact) mass is 618 g/mol. The summed E-state index contributed by atoms with van der Waals surface area (Å²) in [4.78, 5) is 52.5. The number of urea groups is 1. The molecule has 0 saturated carbocycles. The molecular formula is C29H30ClF3N6O4. The van der Waals surface area contributed by atoms with Crippen molar-refractivity contribution in [3.63, 3.8) is 0 Å². The zero-order chi connectivity index (χ0) is 31.2. The summed E-state index contributed by atoms with van der Waals surface area (Å²) in [5.41, 5.74) is -0.373. The van der Waals surface area contributed by atoms with E-state index in [4.69, 9.17) is 16.3 Å². The molecule has 0 aliphatic carbocycles. The molecule has 43 heavy (non-hydrogen) atoms. The van der Waals surface area contributed by atoms with Crippen LogP contribution in [0.1, 0.15) is 38.1 Å². The number of fused-ring (bicyclic) bond motifs is 1. The Morgan fingerprint density at radius 3 is 2.56 bits per heavy atom. The fourth-order valence-electron chi connectivity index (χ4n) is 5.70. The van der Waals surface area contributed by atoms with Crippen molar-refractivity contribution >= 4 is 35.7 Å². The molecule has 228 valence electrons. The van der Waals surface area contributed by atoms with Crippen LogP contribution in [0.5, 0.6) is 0 Å². The van der Waals surface area contributed by atoms with E-state index in [1.807, 2.05) is 20.8 Å². The number of aliphatic imine (C=N–C) groups is 1. The van der Waals surface area contributed by atoms with Crippen LogP contribution in [0.25, 0.3) is 0 Å². The molecule has 3 aliphatic rings. The highest BCUT2D eigenvalue weighted by Gasteiger charge is 2.49. The number of esters is 1. The quantitative estimate of drug-likeness (QED) is 0.390. The number of hydrogen-bond acceptors (Lipinski definition) is 8. The van der Waals surface area contributed by atoms with Crippen molar-refractivity contribution in [1.82, 2.24) is 25.0 Å². The van der Waals surface area contributed by atoms with E-state index in [-0.39, 0.29) is 52.5 Å². The second-order valence-electron chi connectivity index (χ2n) is 11.5. The fourth-order valence-corrected chi connectivity index (χ4v) is 5.97. The Hall–Kier alpha value is -3.97. The van der Waals surface area contributed by atoms with Crippen LogP contribution in [0.2, 0.25) is 5.02 Å². The van der Waals surface area contributed by atoms with E-state index in [0.29, 0.717) is 19.2 Å². The molecular weight excluding hydrogens is 589 g/mol. The highest BCUT2D eigenvalue weighted by molar-refractivity contribution is 6.31. The number of aldehydes is 1. The van der Waals surface area contributed by atoms with Gasteiger partial charge in [-0.2, -0.15) is 0 Å². The summed E-state index contributed by atoms with van der Waals surface area (Å²) in [5.74, 6) is -3.46. The number of methoxy groups -OCH3 is 1. The minimum absolute atomic E-state index is 0.00632. The largest absolute Gasteiger partial charge is 0.466 e. The zero-order valence-electron chi connectivity index (χ0n) is 23.9. The average Bonchev–Trinajstić information content (AvgIpc) is 3.29. The first-order valence-corrected chi connectivity index (χ1v) is 13.9. The van der Waals surface area contributed by atoms with Crippen LogP contribution in [-0.4, -0.2) is 94.7 Å². The van der Waals surface area contributed by atoms with Gasteiger partial charge in [0, 0.05) is 54.1 Å². The van der Waals surface area contributed by atoms with E-state index in [2.05, 4.69) is 15.3 Å². The number of carbonyl (C=O) groups excluding carboxylic acids is 3. The maximum absolute atomic E-state index is 14.9. The van der Waals surface area contributed by atoms with Gasteiger partial charge in [0.1, 0.15) is 29.7 Å². The molecule has 1 unspecified atom stereocenters. The Morgan fingerprint density at radius 2 is 1.93 bits per heavy atom. The van der Waals surface area contributed by atoms with Gasteiger partial charge in [0.25, 0.3) is 0 Å². The molecule has 14 heteroatoms. The first-order valence-electron chi connectivity index (χ1n) is 13.5. The lowest BCUT2D eigenvalue weighted by molar-refractivity contribution is -0.136. The number of aromatic nitrogens is 1. The third kappa shape index (κ3) is 5.70. The number of piperazine rings is 1. The number of pyridine rings is 1. The van der Waals surface area contributed by atoms with Gasteiger partial charge in [-0.25, -0.2) is 27.7 Å². The van der Waals surface area contributed by atoms with Crippen LogP contribution in [0.4, 0.5) is 18.0 Å². The molecule has 2 aromatic rings. The SMILES string of the molecule is COC(=O)C1=C(CN2CCN3C(=O)N(C(C)(C)C)CC3[C@@H]2C=O)NC(c2ncc(F)cc2F)=N[C@H]1c1ccc(F)cc1Cl. The van der Waals surface area contributed by atoms with Crippen LogP contribution in [0.15, 0.2) is 46.7 Å². The van der Waals surface area contributed by atoms with E-state index >= 15 is 0 Å². The molecule has 2 fully saturated rings. The van der Waals surface area contributed by atoms with Gasteiger partial charge in [0.2, 0.25) is 0 Å². The smallest absolute Gasteiger partial charge is 0.338 e. The second-order valence-corrected chi connectivity index (χ2v) is 11.9. The van der Waals surface area contributed by atoms with Gasteiger partial charge in [-0.1, -0.05) is 17.7 Å². The van der Waals surface area contributed by atoms with Gasteiger partial charge in [-0.3, -0.25) is 9.89 Å². The van der Waals surface area contributed by atoms with Crippen LogP contribution in [0.3, 0.4) is 0 Å². The Balaban J connectivity index is 1.59. The number of hydrogen-bond donors (Lipinski definition) is 1. The number of nitrogens with one attached hydrogen (secondary N) is 1. The van der Waals surface area contributed by atoms with Crippen molar-refractivity contribution in [3.8, 4) is 0 Å². The molecule has 1 aromatic heterocycles. The Kier molecular flexibility index (Phi) is 8.23. The van der Waals surface area contributed by atoms with E-state index in [9.17, 15) is 27.6 Å². The number of rotatable bonds is 6. The predicted molar refractivity (Wildman–Crippen MR) is 151 cm³/mol. The molecule has 0 radical (unpaired) electrons. The maximum Gasteiger partial charge on any atom is 0.338 e. The standard InChI is InChI=1S/C29H30ClF3N6O4/c1-29(2,3)39-13-21-22(14-40)37(7-8-38(21)28(39)42)12-20-23(27(41)43-4)24(17-6-5-15(31)9-18(17)30)36-26(35-20)25-19(33)10-16(32)11-34-25/h5-6,9-11,14,21-22,24H,7-8,12-13H2,1-4H3,(H,35,36)/t21?,22-,24-/m0/s1. The molecule has 3 aliphatic heterocycles. The molecule has 10 nitrogen and oxygen atoms in total. The third-order valence-corrected chi connectivity index (χ3v) is 8.15. The van der Waals surface area contributed by atoms with Crippen molar-refractivity contribution in [3.05, 3.63) is 75.5 Å². The molecule has 3 atom stereocenters. The summed E-state index contributed by atoms with van der Waals surface area (Å²) in [6.45, 7) is 6.63. The number of amides is 2. The molecule has 5 rings (SSSR count). The van der Waals surface area contributed by atoms with Crippen molar-refractivity contribution in [1.29, 1.82) is 0 Å². The van der Waals surface area contributed by atoms with Crippen molar-refractivity contribution in [2.24, 2.45) is 4.99 Å². The average molecular weight is 619 g/mol. The lowest BCUT2D eigenvalue weighted by Gasteiger charge is -2.42. The summed E-state index contributed by atoms with van der Waals surface area (Å²) >= 11 is 6.39. The number of carbonyl (C=O) groups is 3. The number of ether oxygens (including phenoxy) is 1. The van der Waals surface area contributed by atoms with E-state index in [1.165, 1.54) is 13.2 Å². The van der Waals surface area contributed by atoms with Gasteiger partial charge in [0.05, 0.1) is 31.0 Å². The summed E-state index contributed by atoms with van der Waals surface area (Å²) in [5, 5.41) is 2.91. The molecule has 2 saturated heterocycles. The van der Waals surface area contributed by atoms with Crippen molar-refractivity contribution in [2.75, 3.05) is 33.3 Å². The van der Waals surface area contributed by atoms with Crippen LogP contribution in [0, 0.1) is 17.5 Å². The van der Waals surface area contributed by atoms with Gasteiger partial charge >= 0.3 is 12.0 Å². The first kappa shape index (κ1) is 30.5. The van der Waals surface area contributed by atoms with Gasteiger partial charge < -0.3 is 24.6 Å². The highest BCUT2D eigenvalue weighted by Crippen LogP contribution is 2.37. The van der Waals surface area contributed by atoms with Gasteiger partial charge in [0.15, 0.2) is 11.7 Å². The van der Waals surface area contributed by atoms with Crippen molar-refractivity contribution < 1.29 is 32.3 Å². The van der Waals surface area contributed by atoms with Crippen molar-refractivity contribution in [2.45, 2.75) is 44.4 Å². The van der Waals surface area contributed by atoms with E-state index < -0.39 is 47.1 Å². The number of amidine groups is 1. The van der Waals surface area contributed by atoms with Crippen LogP contribution < -0.4 is 5.32 Å². The Labute approximate surface area is 251 Å². The van der Waals surface area contributed by atoms with E-state index in [1.54, 1.807) is 14.7 Å². The summed E-state index contributed by atoms with van der Waals surface area (Å²) < 4.78 is 47.7. The number of nitrogens with zero attached hydrogens (tertiary/aromatic N) is 5. The topological polar surface area (TPSA) is 107 Å². The molecule has 0 bridgehead atoms. The van der Waals surface area contributed by atoms with E-state index in [0.717, 1.165) is 24.6 Å². The minimum Gasteiger partial charge on any atom is -0.466 e. The maximum atomic E-state index is 14.9. The Morgan fingerprint density at radius 1 is 1.19 bits per heavy atom. The second kappa shape index (κ2) is 11.6. The lowest BCUT2D eigenvalue weighted by atomic mass is 9.94. The lowest BCUT2D eigenvalue weighted by Crippen LogP contribution is -2.60. The summed E-state index contributed by atoms with van der Waals surface area (Å²) in [6, 6.07) is 1.64. The third-order valence-electron chi connectivity index (χ3n) is 7.82. The molecule has 1 aromatic carbocycles. The number of benzene rings is 1. The molecule has 4 heterocycles. The van der Waals surface area contributed by atoms with Crippen LogP contribution in [-0.2, 0) is 14.3 Å². The Bertz CT molecular complexity index is 1540. The summed E-state index contributed by atoms with van der Waals surface area (Å²) in [6.07, 6.45) is 1.59. The van der Waals surface area contributed by atoms with Crippen LogP contribution >= 0.6 is 11.6 Å². The highest BCUT2D eigenvalue weighted by atomic mass is 35.5.